The molecule has 154 valence electrons. The highest BCUT2D eigenvalue weighted by molar-refractivity contribution is 14.0. The summed E-state index contributed by atoms with van der Waals surface area (Å²) in [6.07, 6.45) is 3.32. The molecule has 1 heterocycles. The Bertz CT molecular complexity index is 530. The Morgan fingerprint density at radius 1 is 1.07 bits per heavy atom. The van der Waals surface area contributed by atoms with Crippen molar-refractivity contribution < 1.29 is 0 Å². The fraction of sp³-hybridized carbons (Fsp3) is 0.650. The van der Waals surface area contributed by atoms with Gasteiger partial charge in [-0.2, -0.15) is 0 Å². The van der Waals surface area contributed by atoms with E-state index in [1.54, 1.807) is 0 Å². The molecule has 5 nitrogen and oxygen atoms in total. The zero-order valence-electron chi connectivity index (χ0n) is 16.7. The number of hydrogen-bond donors (Lipinski definition) is 2. The van der Waals surface area contributed by atoms with E-state index in [1.165, 1.54) is 44.7 Å². The largest absolute Gasteiger partial charge is 0.357 e. The van der Waals surface area contributed by atoms with Gasteiger partial charge in [-0.15, -0.1) is 24.0 Å². The smallest absolute Gasteiger partial charge is 0.191 e. The van der Waals surface area contributed by atoms with Gasteiger partial charge in [0.2, 0.25) is 0 Å². The van der Waals surface area contributed by atoms with E-state index >= 15 is 0 Å². The molecule has 2 N–H and O–H groups in total. The molecule has 0 aliphatic carbocycles. The van der Waals surface area contributed by atoms with Crippen LogP contribution in [-0.2, 0) is 6.42 Å². The molecule has 27 heavy (non-hydrogen) atoms. The van der Waals surface area contributed by atoms with Gasteiger partial charge in [0.25, 0.3) is 0 Å². The van der Waals surface area contributed by atoms with Crippen LogP contribution in [0.1, 0.15) is 25.3 Å². The van der Waals surface area contributed by atoms with E-state index in [2.05, 4.69) is 46.5 Å². The van der Waals surface area contributed by atoms with Crippen LogP contribution in [0.2, 0.25) is 5.02 Å². The summed E-state index contributed by atoms with van der Waals surface area (Å²) in [5.74, 6) is 0.918. The van der Waals surface area contributed by atoms with E-state index < -0.39 is 0 Å². The standard InChI is InChI=1S/C20H34ClN5.HI/c1-3-22-20(24-12-10-18-6-8-19(21)9-7-18)23-11-4-5-13-26-16-14-25(2)15-17-26;/h6-9H,3-5,10-17H2,1-2H3,(H2,22,23,24);1H. The molecule has 1 aliphatic heterocycles. The van der Waals surface area contributed by atoms with Crippen molar-refractivity contribution in [2.45, 2.75) is 26.2 Å². The third kappa shape index (κ3) is 10.5. The summed E-state index contributed by atoms with van der Waals surface area (Å²) in [5.41, 5.74) is 1.28. The van der Waals surface area contributed by atoms with Crippen LogP contribution in [0.5, 0.6) is 0 Å². The number of piperazine rings is 1. The van der Waals surface area contributed by atoms with E-state index in [0.717, 1.165) is 43.5 Å². The second-order valence-electron chi connectivity index (χ2n) is 6.92. The molecule has 0 unspecified atom stereocenters. The summed E-state index contributed by atoms with van der Waals surface area (Å²) in [4.78, 5) is 9.67. The van der Waals surface area contributed by atoms with E-state index in [-0.39, 0.29) is 24.0 Å². The van der Waals surface area contributed by atoms with Crippen molar-refractivity contribution in [1.82, 2.24) is 20.4 Å². The summed E-state index contributed by atoms with van der Waals surface area (Å²) >= 11 is 5.93. The van der Waals surface area contributed by atoms with Crippen LogP contribution in [0, 0.1) is 0 Å². The molecule has 0 aromatic heterocycles. The lowest BCUT2D eigenvalue weighted by molar-refractivity contribution is 0.152. The van der Waals surface area contributed by atoms with Crippen molar-refractivity contribution in [1.29, 1.82) is 0 Å². The molecule has 2 rings (SSSR count). The monoisotopic (exact) mass is 507 g/mol. The molecule has 1 saturated heterocycles. The maximum atomic E-state index is 5.93. The fourth-order valence-electron chi connectivity index (χ4n) is 3.03. The quantitative estimate of drug-likeness (QED) is 0.233. The number of likely N-dealkylation sites (N-methyl/N-ethyl adjacent to an activating group) is 1. The number of guanidine groups is 1. The number of rotatable bonds is 9. The first-order chi connectivity index (χ1) is 12.7. The van der Waals surface area contributed by atoms with Crippen molar-refractivity contribution in [3.8, 4) is 0 Å². The van der Waals surface area contributed by atoms with Crippen molar-refractivity contribution in [2.75, 3.05) is 59.4 Å². The van der Waals surface area contributed by atoms with Gasteiger partial charge in [0.15, 0.2) is 5.96 Å². The fourth-order valence-corrected chi connectivity index (χ4v) is 3.15. The third-order valence-corrected chi connectivity index (χ3v) is 4.96. The first-order valence-electron chi connectivity index (χ1n) is 9.85. The average molecular weight is 508 g/mol. The Kier molecular flexibility index (Phi) is 13.1. The lowest BCUT2D eigenvalue weighted by Gasteiger charge is -2.32. The third-order valence-electron chi connectivity index (χ3n) is 4.71. The Morgan fingerprint density at radius 2 is 1.78 bits per heavy atom. The molecule has 1 aliphatic rings. The second kappa shape index (κ2) is 14.4. The SMILES string of the molecule is CCNC(=NCCCCN1CCN(C)CC1)NCCc1ccc(Cl)cc1.I. The van der Waals surface area contributed by atoms with Gasteiger partial charge in [-0.05, 0) is 57.5 Å². The van der Waals surface area contributed by atoms with Crippen molar-refractivity contribution in [3.63, 3.8) is 0 Å². The van der Waals surface area contributed by atoms with Crippen molar-refractivity contribution in [3.05, 3.63) is 34.9 Å². The Labute approximate surface area is 186 Å². The molecule has 0 spiro atoms. The Balaban J connectivity index is 0.00000364. The minimum atomic E-state index is 0. The molecule has 1 aromatic carbocycles. The number of nitrogens with zero attached hydrogens (tertiary/aromatic N) is 3. The molecule has 0 radical (unpaired) electrons. The normalized spacial score (nSPS) is 16.0. The maximum Gasteiger partial charge on any atom is 0.191 e. The van der Waals surface area contributed by atoms with Gasteiger partial charge >= 0.3 is 0 Å². The second-order valence-corrected chi connectivity index (χ2v) is 7.35. The molecular weight excluding hydrogens is 473 g/mol. The van der Waals surface area contributed by atoms with Gasteiger partial charge in [-0.25, -0.2) is 0 Å². The lowest BCUT2D eigenvalue weighted by Crippen LogP contribution is -2.44. The minimum absolute atomic E-state index is 0. The van der Waals surface area contributed by atoms with Crippen LogP contribution in [0.4, 0.5) is 0 Å². The molecule has 1 aromatic rings. The van der Waals surface area contributed by atoms with Crippen LogP contribution < -0.4 is 10.6 Å². The summed E-state index contributed by atoms with van der Waals surface area (Å²) in [6, 6.07) is 8.03. The van der Waals surface area contributed by atoms with Crippen LogP contribution in [0.25, 0.3) is 0 Å². The molecule has 0 amide bonds. The summed E-state index contributed by atoms with van der Waals surface area (Å²) in [6.45, 7) is 10.7. The zero-order chi connectivity index (χ0) is 18.6. The number of benzene rings is 1. The highest BCUT2D eigenvalue weighted by atomic mass is 127. The topological polar surface area (TPSA) is 42.9 Å². The van der Waals surface area contributed by atoms with Gasteiger partial charge in [-0.1, -0.05) is 23.7 Å². The van der Waals surface area contributed by atoms with E-state index in [4.69, 9.17) is 16.6 Å². The van der Waals surface area contributed by atoms with E-state index in [0.29, 0.717) is 0 Å². The number of unbranched alkanes of at least 4 members (excludes halogenated alkanes) is 1. The van der Waals surface area contributed by atoms with Gasteiger partial charge in [0.1, 0.15) is 0 Å². The minimum Gasteiger partial charge on any atom is -0.357 e. The highest BCUT2D eigenvalue weighted by Gasteiger charge is 2.12. The number of halogens is 2. The zero-order valence-corrected chi connectivity index (χ0v) is 19.8. The van der Waals surface area contributed by atoms with Gasteiger partial charge in [0.05, 0.1) is 0 Å². The van der Waals surface area contributed by atoms with Crippen LogP contribution >= 0.6 is 35.6 Å². The highest BCUT2D eigenvalue weighted by Crippen LogP contribution is 2.09. The first kappa shape index (κ1) is 24.5. The molecular formula is C20H35ClIN5. The summed E-state index contributed by atoms with van der Waals surface area (Å²) < 4.78 is 0. The molecule has 7 heteroatoms. The molecule has 0 saturated carbocycles. The Morgan fingerprint density at radius 3 is 2.44 bits per heavy atom. The number of aliphatic imine (C=N–C) groups is 1. The van der Waals surface area contributed by atoms with E-state index in [1.807, 2.05) is 12.1 Å². The maximum absolute atomic E-state index is 5.93. The van der Waals surface area contributed by atoms with Crippen molar-refractivity contribution >= 4 is 41.5 Å². The predicted octanol–water partition coefficient (Wildman–Crippen LogP) is 3.08. The van der Waals surface area contributed by atoms with Gasteiger partial charge in [-0.3, -0.25) is 4.99 Å². The summed E-state index contributed by atoms with van der Waals surface area (Å²) in [7, 11) is 2.20. The molecule has 0 bridgehead atoms. The van der Waals surface area contributed by atoms with Crippen molar-refractivity contribution in [2.24, 2.45) is 4.99 Å². The van der Waals surface area contributed by atoms with Crippen LogP contribution in [0.3, 0.4) is 0 Å². The Hall–Kier alpha value is -0.570. The van der Waals surface area contributed by atoms with Gasteiger partial charge in [0, 0.05) is 50.8 Å². The van der Waals surface area contributed by atoms with Crippen LogP contribution in [-0.4, -0.2) is 75.2 Å². The number of nitrogens with one attached hydrogen (secondary N) is 2. The lowest BCUT2D eigenvalue weighted by atomic mass is 10.1. The van der Waals surface area contributed by atoms with Gasteiger partial charge < -0.3 is 20.4 Å². The predicted molar refractivity (Wildman–Crippen MR) is 128 cm³/mol. The number of hydrogen-bond acceptors (Lipinski definition) is 3. The first-order valence-corrected chi connectivity index (χ1v) is 10.2. The van der Waals surface area contributed by atoms with Crippen LogP contribution in [0.15, 0.2) is 29.3 Å². The van der Waals surface area contributed by atoms with E-state index in [9.17, 15) is 0 Å². The molecule has 1 fully saturated rings. The average Bonchev–Trinajstić information content (AvgIpc) is 2.64. The molecule has 0 atom stereocenters. The summed E-state index contributed by atoms with van der Waals surface area (Å²) in [5, 5.41) is 7.53.